The summed E-state index contributed by atoms with van der Waals surface area (Å²) in [7, 11) is 0. The molecular weight excluding hydrogens is 242 g/mol. The number of para-hydroxylation sites is 2. The second kappa shape index (κ2) is 4.93. The normalized spacial score (nSPS) is 10.7. The minimum Gasteiger partial charge on any atom is -0.351 e. The van der Waals surface area contributed by atoms with Crippen LogP contribution in [0, 0.1) is 0 Å². The van der Waals surface area contributed by atoms with Crippen molar-refractivity contribution in [1.82, 2.24) is 25.5 Å². The number of hydrogen-bond acceptors (Lipinski definition) is 3. The number of rotatable bonds is 4. The highest BCUT2D eigenvalue weighted by molar-refractivity contribution is 5.93. The topological polar surface area (TPSA) is 86.5 Å². The largest absolute Gasteiger partial charge is 0.351 e. The summed E-state index contributed by atoms with van der Waals surface area (Å²) in [6, 6.07) is 7.86. The van der Waals surface area contributed by atoms with Crippen molar-refractivity contribution >= 4 is 16.9 Å². The summed E-state index contributed by atoms with van der Waals surface area (Å²) in [6.45, 7) is 0.532. The number of aromatic nitrogens is 4. The van der Waals surface area contributed by atoms with E-state index < -0.39 is 0 Å². The van der Waals surface area contributed by atoms with Gasteiger partial charge in [0.25, 0.3) is 5.91 Å². The molecule has 0 spiro atoms. The molecule has 0 aliphatic carbocycles. The smallest absolute Gasteiger partial charge is 0.254 e. The van der Waals surface area contributed by atoms with Crippen LogP contribution in [0.2, 0.25) is 0 Å². The van der Waals surface area contributed by atoms with Crippen LogP contribution in [0.25, 0.3) is 11.0 Å². The van der Waals surface area contributed by atoms with Gasteiger partial charge in [-0.25, -0.2) is 4.98 Å². The molecule has 2 heterocycles. The Morgan fingerprint density at radius 1 is 1.32 bits per heavy atom. The van der Waals surface area contributed by atoms with E-state index in [4.69, 9.17) is 0 Å². The maximum absolute atomic E-state index is 11.7. The maximum Gasteiger partial charge on any atom is 0.254 e. The number of H-pyrrole nitrogens is 2. The van der Waals surface area contributed by atoms with Gasteiger partial charge in [-0.3, -0.25) is 9.89 Å². The van der Waals surface area contributed by atoms with Gasteiger partial charge in [-0.1, -0.05) is 12.1 Å². The summed E-state index contributed by atoms with van der Waals surface area (Å²) < 4.78 is 0. The minimum atomic E-state index is -0.134. The van der Waals surface area contributed by atoms with Gasteiger partial charge in [0.1, 0.15) is 5.82 Å². The number of imidazole rings is 1. The van der Waals surface area contributed by atoms with Gasteiger partial charge in [0.05, 0.1) is 22.8 Å². The fourth-order valence-corrected chi connectivity index (χ4v) is 1.90. The Balaban J connectivity index is 1.59. The van der Waals surface area contributed by atoms with Crippen LogP contribution in [0.5, 0.6) is 0 Å². The Labute approximate surface area is 109 Å². The zero-order valence-electron chi connectivity index (χ0n) is 10.2. The Hall–Kier alpha value is -2.63. The van der Waals surface area contributed by atoms with Gasteiger partial charge in [0, 0.05) is 19.2 Å². The Bertz CT molecular complexity index is 653. The number of nitrogens with zero attached hydrogens (tertiary/aromatic N) is 2. The molecule has 1 amide bonds. The zero-order chi connectivity index (χ0) is 13.1. The molecule has 0 atom stereocenters. The van der Waals surface area contributed by atoms with Gasteiger partial charge in [0.15, 0.2) is 0 Å². The van der Waals surface area contributed by atoms with Crippen LogP contribution in [0.4, 0.5) is 0 Å². The number of fused-ring (bicyclic) bond motifs is 1. The molecule has 6 heteroatoms. The fourth-order valence-electron chi connectivity index (χ4n) is 1.90. The van der Waals surface area contributed by atoms with Gasteiger partial charge in [-0.2, -0.15) is 5.10 Å². The molecule has 2 aromatic heterocycles. The lowest BCUT2D eigenvalue weighted by Crippen LogP contribution is -2.25. The van der Waals surface area contributed by atoms with Crippen molar-refractivity contribution in [1.29, 1.82) is 0 Å². The van der Waals surface area contributed by atoms with Crippen LogP contribution in [-0.2, 0) is 6.42 Å². The second-order valence-electron chi connectivity index (χ2n) is 4.19. The Morgan fingerprint density at radius 2 is 2.21 bits per heavy atom. The molecular formula is C13H13N5O. The molecule has 3 rings (SSSR count). The van der Waals surface area contributed by atoms with Crippen LogP contribution in [0.1, 0.15) is 16.2 Å². The number of carbonyl (C=O) groups is 1. The van der Waals surface area contributed by atoms with Crippen molar-refractivity contribution in [3.8, 4) is 0 Å². The van der Waals surface area contributed by atoms with E-state index in [1.165, 1.54) is 6.20 Å². The van der Waals surface area contributed by atoms with Gasteiger partial charge in [-0.05, 0) is 12.1 Å². The number of benzene rings is 1. The van der Waals surface area contributed by atoms with E-state index in [0.717, 1.165) is 16.9 Å². The SMILES string of the molecule is O=C(NCCc1nc2ccccc2[nH]1)c1cn[nH]c1. The van der Waals surface area contributed by atoms with Crippen molar-refractivity contribution in [3.63, 3.8) is 0 Å². The molecule has 0 radical (unpaired) electrons. The summed E-state index contributed by atoms with van der Waals surface area (Å²) in [5.41, 5.74) is 2.49. The predicted octanol–water partition coefficient (Wildman–Crippen LogP) is 1.26. The quantitative estimate of drug-likeness (QED) is 0.656. The highest BCUT2D eigenvalue weighted by Gasteiger charge is 2.06. The van der Waals surface area contributed by atoms with E-state index in [2.05, 4.69) is 25.5 Å². The molecule has 0 saturated heterocycles. The van der Waals surface area contributed by atoms with Crippen LogP contribution >= 0.6 is 0 Å². The predicted molar refractivity (Wildman–Crippen MR) is 70.7 cm³/mol. The number of nitrogens with one attached hydrogen (secondary N) is 3. The summed E-state index contributed by atoms with van der Waals surface area (Å²) in [5, 5.41) is 9.16. The van der Waals surface area contributed by atoms with Gasteiger partial charge < -0.3 is 10.3 Å². The molecule has 0 bridgehead atoms. The van der Waals surface area contributed by atoms with E-state index in [9.17, 15) is 4.79 Å². The first-order chi connectivity index (χ1) is 9.33. The monoisotopic (exact) mass is 255 g/mol. The number of amides is 1. The lowest BCUT2D eigenvalue weighted by atomic mass is 10.3. The second-order valence-corrected chi connectivity index (χ2v) is 4.19. The highest BCUT2D eigenvalue weighted by atomic mass is 16.1. The molecule has 1 aromatic carbocycles. The van der Waals surface area contributed by atoms with Crippen molar-refractivity contribution in [3.05, 3.63) is 48.0 Å². The van der Waals surface area contributed by atoms with E-state index in [1.54, 1.807) is 6.20 Å². The molecule has 3 N–H and O–H groups in total. The Morgan fingerprint density at radius 3 is 3.00 bits per heavy atom. The lowest BCUT2D eigenvalue weighted by Gasteiger charge is -2.00. The average Bonchev–Trinajstić information content (AvgIpc) is 3.07. The van der Waals surface area contributed by atoms with Crippen LogP contribution in [0.15, 0.2) is 36.7 Å². The maximum atomic E-state index is 11.7. The van der Waals surface area contributed by atoms with Crippen molar-refractivity contribution < 1.29 is 4.79 Å². The van der Waals surface area contributed by atoms with E-state index in [1.807, 2.05) is 24.3 Å². The minimum absolute atomic E-state index is 0.134. The molecule has 0 fully saturated rings. The molecule has 19 heavy (non-hydrogen) atoms. The number of carbonyl (C=O) groups excluding carboxylic acids is 1. The zero-order valence-corrected chi connectivity index (χ0v) is 10.2. The van der Waals surface area contributed by atoms with Crippen LogP contribution in [-0.4, -0.2) is 32.6 Å². The van der Waals surface area contributed by atoms with Gasteiger partial charge in [0.2, 0.25) is 0 Å². The standard InChI is InChI=1S/C13H13N5O/c19-13(9-7-15-16-8-9)14-6-5-12-17-10-3-1-2-4-11(10)18-12/h1-4,7-8H,5-6H2,(H,14,19)(H,15,16)(H,17,18). The third-order valence-electron chi connectivity index (χ3n) is 2.85. The molecule has 3 aromatic rings. The third kappa shape index (κ3) is 2.47. The lowest BCUT2D eigenvalue weighted by molar-refractivity contribution is 0.0954. The molecule has 0 aliphatic rings. The van der Waals surface area contributed by atoms with Crippen molar-refractivity contribution in [2.45, 2.75) is 6.42 Å². The van der Waals surface area contributed by atoms with Crippen molar-refractivity contribution in [2.24, 2.45) is 0 Å². The molecule has 0 aliphatic heterocycles. The number of hydrogen-bond donors (Lipinski definition) is 3. The molecule has 0 saturated carbocycles. The molecule has 96 valence electrons. The van der Waals surface area contributed by atoms with E-state index in [0.29, 0.717) is 18.5 Å². The summed E-state index contributed by atoms with van der Waals surface area (Å²) in [5.74, 6) is 0.735. The van der Waals surface area contributed by atoms with E-state index in [-0.39, 0.29) is 5.91 Å². The summed E-state index contributed by atoms with van der Waals surface area (Å²) >= 11 is 0. The summed E-state index contributed by atoms with van der Waals surface area (Å²) in [6.07, 6.45) is 3.73. The summed E-state index contributed by atoms with van der Waals surface area (Å²) in [4.78, 5) is 19.3. The van der Waals surface area contributed by atoms with E-state index >= 15 is 0 Å². The highest BCUT2D eigenvalue weighted by Crippen LogP contribution is 2.10. The van der Waals surface area contributed by atoms with Crippen LogP contribution < -0.4 is 5.32 Å². The fraction of sp³-hybridized carbons (Fsp3) is 0.154. The molecule has 0 unspecified atom stereocenters. The third-order valence-corrected chi connectivity index (χ3v) is 2.85. The van der Waals surface area contributed by atoms with Gasteiger partial charge >= 0.3 is 0 Å². The molecule has 6 nitrogen and oxygen atoms in total. The average molecular weight is 255 g/mol. The first kappa shape index (κ1) is 11.5. The van der Waals surface area contributed by atoms with Crippen molar-refractivity contribution in [2.75, 3.05) is 6.54 Å². The first-order valence-corrected chi connectivity index (χ1v) is 6.03. The Kier molecular flexibility index (Phi) is 2.97. The van der Waals surface area contributed by atoms with Crippen LogP contribution in [0.3, 0.4) is 0 Å². The first-order valence-electron chi connectivity index (χ1n) is 6.03. The van der Waals surface area contributed by atoms with Gasteiger partial charge in [-0.15, -0.1) is 0 Å². The number of aromatic amines is 2.